The van der Waals surface area contributed by atoms with Crippen LogP contribution in [0.5, 0.6) is 11.5 Å². The van der Waals surface area contributed by atoms with Gasteiger partial charge < -0.3 is 14.4 Å². The monoisotopic (exact) mass is 440 g/mol. The number of anilines is 1. The number of hydrogen-bond acceptors (Lipinski definition) is 8. The van der Waals surface area contributed by atoms with E-state index < -0.39 is 4.92 Å². The Balaban J connectivity index is 1.59. The molecule has 0 aliphatic carbocycles. The number of nitro benzene ring substituents is 1. The minimum absolute atomic E-state index is 0.00502. The van der Waals surface area contributed by atoms with Crippen LogP contribution in [0.3, 0.4) is 0 Å². The van der Waals surface area contributed by atoms with Crippen molar-refractivity contribution in [2.75, 3.05) is 38.9 Å². The van der Waals surface area contributed by atoms with Crippen LogP contribution < -0.4 is 14.4 Å². The Morgan fingerprint density at radius 3 is 2.58 bits per heavy atom. The third-order valence-electron chi connectivity index (χ3n) is 4.66. The van der Waals surface area contributed by atoms with Gasteiger partial charge in [0, 0.05) is 43.4 Å². The van der Waals surface area contributed by atoms with Gasteiger partial charge in [0.15, 0.2) is 16.6 Å². The van der Waals surface area contributed by atoms with Gasteiger partial charge in [-0.15, -0.1) is 0 Å². The van der Waals surface area contributed by atoms with E-state index in [2.05, 4.69) is 4.98 Å². The fourth-order valence-corrected chi connectivity index (χ4v) is 3.99. The molecule has 4 rings (SSSR count). The number of non-ortho nitro benzene ring substituents is 1. The number of amides is 1. The maximum Gasteiger partial charge on any atom is 0.269 e. The zero-order valence-electron chi connectivity index (χ0n) is 17.0. The number of rotatable bonds is 7. The van der Waals surface area contributed by atoms with Crippen LogP contribution in [0.25, 0.3) is 16.3 Å². The number of hydrogen-bond donors (Lipinski definition) is 0. The lowest BCUT2D eigenvalue weighted by Gasteiger charge is -2.20. The second kappa shape index (κ2) is 8.70. The minimum atomic E-state index is -0.458. The predicted molar refractivity (Wildman–Crippen MR) is 119 cm³/mol. The maximum absolute atomic E-state index is 13.0. The van der Waals surface area contributed by atoms with Gasteiger partial charge in [0.1, 0.15) is 0 Å². The van der Waals surface area contributed by atoms with Gasteiger partial charge >= 0.3 is 0 Å². The van der Waals surface area contributed by atoms with Crippen LogP contribution in [0, 0.1) is 10.1 Å². The van der Waals surface area contributed by atoms with Crippen LogP contribution in [0.1, 0.15) is 5.56 Å². The molecule has 0 atom stereocenters. The van der Waals surface area contributed by atoms with Gasteiger partial charge in [-0.3, -0.25) is 19.8 Å². The molecule has 1 aliphatic heterocycles. The highest BCUT2D eigenvalue weighted by molar-refractivity contribution is 7.22. The molecule has 160 valence electrons. The summed E-state index contributed by atoms with van der Waals surface area (Å²) in [6.07, 6.45) is 3.09. The summed E-state index contributed by atoms with van der Waals surface area (Å²) in [6.45, 7) is 1.32. The molecule has 0 fully saturated rings. The average molecular weight is 440 g/mol. The molecule has 0 N–H and O–H groups in total. The van der Waals surface area contributed by atoms with Crippen LogP contribution in [0.2, 0.25) is 0 Å². The number of likely N-dealkylation sites (N-methyl/N-ethyl adjacent to an activating group) is 1. The summed E-state index contributed by atoms with van der Waals surface area (Å²) in [7, 11) is 3.87. The Kier molecular flexibility index (Phi) is 5.83. The summed E-state index contributed by atoms with van der Waals surface area (Å²) in [4.78, 5) is 31.6. The van der Waals surface area contributed by atoms with E-state index in [0.717, 1.165) is 10.2 Å². The lowest BCUT2D eigenvalue weighted by molar-refractivity contribution is -0.384. The number of benzene rings is 2. The molecule has 1 amide bonds. The topological polar surface area (TPSA) is 98.0 Å². The van der Waals surface area contributed by atoms with E-state index in [1.807, 2.05) is 31.1 Å². The number of nitro groups is 1. The molecule has 0 radical (unpaired) electrons. The molecule has 0 spiro atoms. The van der Waals surface area contributed by atoms with Gasteiger partial charge in [0.05, 0.1) is 15.1 Å². The number of carbonyl (C=O) groups excluding carboxylic acids is 1. The van der Waals surface area contributed by atoms with Gasteiger partial charge in [-0.1, -0.05) is 11.3 Å². The largest absolute Gasteiger partial charge is 0.454 e. The Hall–Kier alpha value is -3.50. The van der Waals surface area contributed by atoms with Gasteiger partial charge in [-0.2, -0.15) is 0 Å². The smallest absolute Gasteiger partial charge is 0.269 e. The number of nitrogens with zero attached hydrogens (tertiary/aromatic N) is 4. The molecule has 1 aromatic heterocycles. The second-order valence-electron chi connectivity index (χ2n) is 7.14. The molecule has 31 heavy (non-hydrogen) atoms. The highest BCUT2D eigenvalue weighted by Crippen LogP contribution is 2.39. The van der Waals surface area contributed by atoms with E-state index in [0.29, 0.717) is 35.3 Å². The van der Waals surface area contributed by atoms with Crippen molar-refractivity contribution in [3.8, 4) is 11.5 Å². The van der Waals surface area contributed by atoms with E-state index in [1.54, 1.807) is 23.1 Å². The van der Waals surface area contributed by atoms with E-state index in [-0.39, 0.29) is 18.4 Å². The van der Waals surface area contributed by atoms with Gasteiger partial charge in [0.2, 0.25) is 6.79 Å². The summed E-state index contributed by atoms with van der Waals surface area (Å²) in [5.74, 6) is 1.10. The van der Waals surface area contributed by atoms with E-state index in [4.69, 9.17) is 9.47 Å². The predicted octanol–water partition coefficient (Wildman–Crippen LogP) is 3.54. The molecule has 9 nitrogen and oxygen atoms in total. The average Bonchev–Trinajstić information content (AvgIpc) is 3.36. The molecule has 2 heterocycles. The standard InChI is InChI=1S/C21H20N4O5S/c1-23(2)9-10-24(20(26)8-5-14-3-6-15(7-4-14)25(27)28)21-22-16-11-17-18(30-13-29-17)12-19(16)31-21/h3-8,11-12H,9-10,13H2,1-2H3/b8-5-. The second-order valence-corrected chi connectivity index (χ2v) is 8.15. The van der Waals surface area contributed by atoms with Crippen LogP contribution >= 0.6 is 11.3 Å². The van der Waals surface area contributed by atoms with Crippen molar-refractivity contribution in [1.29, 1.82) is 0 Å². The van der Waals surface area contributed by atoms with Gasteiger partial charge in [-0.05, 0) is 37.9 Å². The van der Waals surface area contributed by atoms with Crippen LogP contribution in [-0.4, -0.2) is 54.7 Å². The lowest BCUT2D eigenvalue weighted by atomic mass is 10.2. The highest BCUT2D eigenvalue weighted by atomic mass is 32.1. The van der Waals surface area contributed by atoms with E-state index >= 15 is 0 Å². The summed E-state index contributed by atoms with van der Waals surface area (Å²) >= 11 is 1.41. The number of aromatic nitrogens is 1. The first-order chi connectivity index (χ1) is 14.9. The highest BCUT2D eigenvalue weighted by Gasteiger charge is 2.21. The zero-order valence-corrected chi connectivity index (χ0v) is 17.8. The quantitative estimate of drug-likeness (QED) is 0.315. The van der Waals surface area contributed by atoms with Crippen molar-refractivity contribution in [3.05, 3.63) is 58.2 Å². The Morgan fingerprint density at radius 1 is 1.19 bits per heavy atom. The number of carbonyl (C=O) groups is 1. The molecule has 0 unspecified atom stereocenters. The summed E-state index contributed by atoms with van der Waals surface area (Å²) < 4.78 is 11.7. The number of fused-ring (bicyclic) bond motifs is 2. The van der Waals surface area contributed by atoms with Crippen molar-refractivity contribution in [2.24, 2.45) is 0 Å². The minimum Gasteiger partial charge on any atom is -0.454 e. The van der Waals surface area contributed by atoms with Crippen molar-refractivity contribution in [3.63, 3.8) is 0 Å². The van der Waals surface area contributed by atoms with Gasteiger partial charge in [-0.25, -0.2) is 4.98 Å². The lowest BCUT2D eigenvalue weighted by Crippen LogP contribution is -2.35. The van der Waals surface area contributed by atoms with Crippen molar-refractivity contribution in [2.45, 2.75) is 0 Å². The molecule has 1 aliphatic rings. The van der Waals surface area contributed by atoms with Crippen LogP contribution in [0.15, 0.2) is 42.5 Å². The Bertz CT molecular complexity index is 1120. The van der Waals surface area contributed by atoms with Crippen molar-refractivity contribution >= 4 is 44.4 Å². The molecular weight excluding hydrogens is 420 g/mol. The first-order valence-corrected chi connectivity index (χ1v) is 10.3. The molecule has 3 aromatic rings. The Morgan fingerprint density at radius 2 is 1.90 bits per heavy atom. The fraction of sp³-hybridized carbons (Fsp3) is 0.238. The maximum atomic E-state index is 13.0. The summed E-state index contributed by atoms with van der Waals surface area (Å²) in [5.41, 5.74) is 1.44. The molecule has 0 saturated carbocycles. The number of ether oxygens (including phenoxy) is 2. The first-order valence-electron chi connectivity index (χ1n) is 9.49. The SMILES string of the molecule is CN(C)CCN(C(=O)/C=C\c1ccc([N+](=O)[O-])cc1)c1nc2cc3c(cc2s1)OCO3. The molecule has 0 bridgehead atoms. The summed E-state index contributed by atoms with van der Waals surface area (Å²) in [5, 5.41) is 11.4. The fourth-order valence-electron chi connectivity index (χ4n) is 2.99. The number of thiazole rings is 1. The Labute approximate surface area is 182 Å². The normalized spacial score (nSPS) is 12.7. The third-order valence-corrected chi connectivity index (χ3v) is 5.70. The van der Waals surface area contributed by atoms with Crippen LogP contribution in [-0.2, 0) is 4.79 Å². The molecule has 10 heteroatoms. The molecule has 0 saturated heterocycles. The third kappa shape index (κ3) is 4.65. The van der Waals surface area contributed by atoms with Crippen molar-refractivity contribution in [1.82, 2.24) is 9.88 Å². The van der Waals surface area contributed by atoms with Gasteiger partial charge in [0.25, 0.3) is 11.6 Å². The van der Waals surface area contributed by atoms with E-state index in [9.17, 15) is 14.9 Å². The molecular formula is C21H20N4O5S. The van der Waals surface area contributed by atoms with Crippen molar-refractivity contribution < 1.29 is 19.2 Å². The summed E-state index contributed by atoms with van der Waals surface area (Å²) in [6, 6.07) is 9.71. The molecule has 2 aromatic carbocycles. The first kappa shape index (κ1) is 20.8. The zero-order chi connectivity index (χ0) is 22.0. The van der Waals surface area contributed by atoms with E-state index in [1.165, 1.54) is 29.5 Å². The van der Waals surface area contributed by atoms with Crippen LogP contribution in [0.4, 0.5) is 10.8 Å².